The standard InChI is InChI=1S/C20H22ClN5O5/c21-15-3-8-18(19(14-15)26(30)31)23-10-12-24(13-11-23)20(27)2-1-9-22-16-4-6-17(7-5-16)25(28)29/h3-8,14,22H,1-2,9-13H2. The van der Waals surface area contributed by atoms with Crippen molar-refractivity contribution in [3.05, 3.63) is 67.7 Å². The first-order valence-electron chi connectivity index (χ1n) is 9.80. The molecule has 1 amide bonds. The van der Waals surface area contributed by atoms with E-state index in [1.165, 1.54) is 18.2 Å². The van der Waals surface area contributed by atoms with Gasteiger partial charge in [0.05, 0.1) is 9.85 Å². The number of nitro benzene ring substituents is 2. The summed E-state index contributed by atoms with van der Waals surface area (Å²) in [4.78, 5) is 37.2. The Morgan fingerprint density at radius 3 is 2.29 bits per heavy atom. The van der Waals surface area contributed by atoms with E-state index >= 15 is 0 Å². The van der Waals surface area contributed by atoms with Crippen molar-refractivity contribution >= 4 is 40.3 Å². The van der Waals surface area contributed by atoms with Gasteiger partial charge in [0.1, 0.15) is 5.69 Å². The number of halogens is 1. The normalized spacial score (nSPS) is 13.7. The molecule has 2 aromatic carbocycles. The highest BCUT2D eigenvalue weighted by atomic mass is 35.5. The number of nitrogens with one attached hydrogen (secondary N) is 1. The SMILES string of the molecule is O=C(CCCNc1ccc([N+](=O)[O-])cc1)N1CCN(c2ccc(Cl)cc2[N+](=O)[O-])CC1. The van der Waals surface area contributed by atoms with Gasteiger partial charge in [0.25, 0.3) is 11.4 Å². The van der Waals surface area contributed by atoms with E-state index in [2.05, 4.69) is 5.32 Å². The maximum absolute atomic E-state index is 12.5. The summed E-state index contributed by atoms with van der Waals surface area (Å²) in [7, 11) is 0. The van der Waals surface area contributed by atoms with Crippen molar-refractivity contribution in [2.45, 2.75) is 12.8 Å². The van der Waals surface area contributed by atoms with Gasteiger partial charge in [0.2, 0.25) is 5.91 Å². The monoisotopic (exact) mass is 447 g/mol. The van der Waals surface area contributed by atoms with Gasteiger partial charge in [-0.1, -0.05) is 11.6 Å². The smallest absolute Gasteiger partial charge is 0.294 e. The van der Waals surface area contributed by atoms with Gasteiger partial charge in [-0.25, -0.2) is 0 Å². The number of hydrogen-bond acceptors (Lipinski definition) is 7. The molecular weight excluding hydrogens is 426 g/mol. The molecule has 0 saturated carbocycles. The van der Waals surface area contributed by atoms with Crippen LogP contribution in [0.25, 0.3) is 0 Å². The average Bonchev–Trinajstić information content (AvgIpc) is 2.77. The number of carbonyl (C=O) groups excluding carboxylic acids is 1. The summed E-state index contributed by atoms with van der Waals surface area (Å²) in [6.45, 7) is 2.58. The highest BCUT2D eigenvalue weighted by molar-refractivity contribution is 6.30. The third-order valence-electron chi connectivity index (χ3n) is 5.08. The largest absolute Gasteiger partial charge is 0.385 e. The van der Waals surface area contributed by atoms with Crippen molar-refractivity contribution < 1.29 is 14.6 Å². The van der Waals surface area contributed by atoms with E-state index in [0.717, 1.165) is 5.69 Å². The minimum atomic E-state index is -0.451. The summed E-state index contributed by atoms with van der Waals surface area (Å²) in [6, 6.07) is 10.7. The Morgan fingerprint density at radius 2 is 1.68 bits per heavy atom. The van der Waals surface area contributed by atoms with Crippen LogP contribution in [0.3, 0.4) is 0 Å². The van der Waals surface area contributed by atoms with Crippen molar-refractivity contribution in [2.75, 3.05) is 42.9 Å². The summed E-state index contributed by atoms with van der Waals surface area (Å²) in [5.74, 6) is 0.0377. The molecule has 0 unspecified atom stereocenters. The summed E-state index contributed by atoms with van der Waals surface area (Å²) in [6.07, 6.45) is 1.000. The number of anilines is 2. The van der Waals surface area contributed by atoms with Crippen LogP contribution in [-0.2, 0) is 4.79 Å². The van der Waals surface area contributed by atoms with E-state index in [4.69, 9.17) is 11.6 Å². The summed E-state index contributed by atoms with van der Waals surface area (Å²) in [5.41, 5.74) is 1.26. The molecule has 0 spiro atoms. The molecule has 164 valence electrons. The minimum Gasteiger partial charge on any atom is -0.385 e. The van der Waals surface area contributed by atoms with Crippen molar-refractivity contribution in [1.82, 2.24) is 4.90 Å². The van der Waals surface area contributed by atoms with Crippen LogP contribution in [0.15, 0.2) is 42.5 Å². The van der Waals surface area contributed by atoms with Crippen molar-refractivity contribution in [3.8, 4) is 0 Å². The molecule has 0 atom stereocenters. The predicted molar refractivity (Wildman–Crippen MR) is 118 cm³/mol. The average molecular weight is 448 g/mol. The number of rotatable bonds is 8. The van der Waals surface area contributed by atoms with E-state index in [1.54, 1.807) is 29.2 Å². The highest BCUT2D eigenvalue weighted by Crippen LogP contribution is 2.31. The van der Waals surface area contributed by atoms with Gasteiger partial charge >= 0.3 is 0 Å². The van der Waals surface area contributed by atoms with Crippen molar-refractivity contribution in [3.63, 3.8) is 0 Å². The first kappa shape index (κ1) is 22.3. The second-order valence-electron chi connectivity index (χ2n) is 7.09. The zero-order valence-electron chi connectivity index (χ0n) is 16.7. The van der Waals surface area contributed by atoms with Crippen LogP contribution < -0.4 is 10.2 Å². The van der Waals surface area contributed by atoms with E-state index in [0.29, 0.717) is 56.3 Å². The molecule has 0 bridgehead atoms. The quantitative estimate of drug-likeness (QED) is 0.372. The Morgan fingerprint density at radius 1 is 1.00 bits per heavy atom. The number of nitro groups is 2. The molecule has 1 heterocycles. The number of piperazine rings is 1. The number of amides is 1. The van der Waals surface area contributed by atoms with Gasteiger partial charge in [0.15, 0.2) is 0 Å². The predicted octanol–water partition coefficient (Wildman–Crippen LogP) is 3.70. The van der Waals surface area contributed by atoms with Crippen LogP contribution in [0.4, 0.5) is 22.7 Å². The Hall–Kier alpha value is -3.40. The number of non-ortho nitro benzene ring substituents is 1. The van der Waals surface area contributed by atoms with Crippen LogP contribution in [0.5, 0.6) is 0 Å². The lowest BCUT2D eigenvalue weighted by Gasteiger charge is -2.36. The highest BCUT2D eigenvalue weighted by Gasteiger charge is 2.25. The lowest BCUT2D eigenvalue weighted by Crippen LogP contribution is -2.49. The topological polar surface area (TPSA) is 122 Å². The lowest BCUT2D eigenvalue weighted by molar-refractivity contribution is -0.384. The van der Waals surface area contributed by atoms with Gasteiger partial charge in [-0.3, -0.25) is 25.0 Å². The zero-order chi connectivity index (χ0) is 22.4. The molecular formula is C20H22ClN5O5. The molecule has 2 aromatic rings. The van der Waals surface area contributed by atoms with Crippen molar-refractivity contribution in [2.24, 2.45) is 0 Å². The lowest BCUT2D eigenvalue weighted by atomic mass is 10.2. The van der Waals surface area contributed by atoms with Gasteiger partial charge in [-0.15, -0.1) is 0 Å². The molecule has 1 saturated heterocycles. The molecule has 1 aliphatic heterocycles. The summed E-state index contributed by atoms with van der Waals surface area (Å²) < 4.78 is 0. The van der Waals surface area contributed by atoms with Crippen LogP contribution in [0.2, 0.25) is 5.02 Å². The maximum Gasteiger partial charge on any atom is 0.294 e. The molecule has 31 heavy (non-hydrogen) atoms. The summed E-state index contributed by atoms with van der Waals surface area (Å²) in [5, 5.41) is 25.4. The van der Waals surface area contributed by atoms with Gasteiger partial charge in [-0.2, -0.15) is 0 Å². The van der Waals surface area contributed by atoms with Crippen molar-refractivity contribution in [1.29, 1.82) is 0 Å². The number of benzene rings is 2. The summed E-state index contributed by atoms with van der Waals surface area (Å²) >= 11 is 5.88. The van der Waals surface area contributed by atoms with Crippen LogP contribution in [0, 0.1) is 20.2 Å². The third kappa shape index (κ3) is 5.82. The fourth-order valence-electron chi connectivity index (χ4n) is 3.44. The molecule has 10 nitrogen and oxygen atoms in total. The molecule has 0 aliphatic carbocycles. The number of nitrogens with zero attached hydrogens (tertiary/aromatic N) is 4. The number of hydrogen-bond donors (Lipinski definition) is 1. The van der Waals surface area contributed by atoms with Crippen LogP contribution in [-0.4, -0.2) is 53.4 Å². The van der Waals surface area contributed by atoms with E-state index < -0.39 is 9.85 Å². The van der Waals surface area contributed by atoms with Crippen LogP contribution >= 0.6 is 11.6 Å². The maximum atomic E-state index is 12.5. The Kier molecular flexibility index (Phi) is 7.24. The van der Waals surface area contributed by atoms with E-state index in [9.17, 15) is 25.0 Å². The molecule has 3 rings (SSSR count). The second kappa shape index (κ2) is 10.1. The molecule has 1 fully saturated rings. The van der Waals surface area contributed by atoms with Gasteiger partial charge in [-0.05, 0) is 30.7 Å². The van der Waals surface area contributed by atoms with Gasteiger partial charge < -0.3 is 15.1 Å². The second-order valence-corrected chi connectivity index (χ2v) is 7.53. The molecule has 1 N–H and O–H groups in total. The minimum absolute atomic E-state index is 0.0313. The Balaban J connectivity index is 1.43. The fraction of sp³-hybridized carbons (Fsp3) is 0.350. The molecule has 0 aromatic heterocycles. The number of carbonyl (C=O) groups is 1. The first-order valence-corrected chi connectivity index (χ1v) is 10.2. The fourth-order valence-corrected chi connectivity index (χ4v) is 3.60. The Labute approximate surface area is 183 Å². The molecule has 1 aliphatic rings. The first-order chi connectivity index (χ1) is 14.8. The van der Waals surface area contributed by atoms with Crippen LogP contribution in [0.1, 0.15) is 12.8 Å². The van der Waals surface area contributed by atoms with Gasteiger partial charge in [0, 0.05) is 68.1 Å². The third-order valence-corrected chi connectivity index (χ3v) is 5.32. The van der Waals surface area contributed by atoms with E-state index in [-0.39, 0.29) is 17.3 Å². The zero-order valence-corrected chi connectivity index (χ0v) is 17.5. The molecule has 11 heteroatoms. The van der Waals surface area contributed by atoms with E-state index in [1.807, 2.05) is 4.90 Å². The molecule has 0 radical (unpaired) electrons. The Bertz CT molecular complexity index is 961.